The number of hydrogen-bond donors (Lipinski definition) is 2. The number of aliphatic carboxylic acids is 1. The number of hydrogen-bond acceptors (Lipinski definition) is 5. The van der Waals surface area contributed by atoms with Gasteiger partial charge in [0.15, 0.2) is 6.04 Å². The molecule has 8 heteroatoms. The summed E-state index contributed by atoms with van der Waals surface area (Å²) in [6.45, 7) is -0.741. The summed E-state index contributed by atoms with van der Waals surface area (Å²) in [6.07, 6.45) is 1.43. The summed E-state index contributed by atoms with van der Waals surface area (Å²) in [5.41, 5.74) is 0.464. The second-order valence-electron chi connectivity index (χ2n) is 4.14. The quantitative estimate of drug-likeness (QED) is 0.644. The van der Waals surface area contributed by atoms with Gasteiger partial charge in [-0.15, -0.1) is 0 Å². The molecule has 0 saturated carbocycles. The van der Waals surface area contributed by atoms with Crippen LogP contribution >= 0.6 is 24.0 Å². The van der Waals surface area contributed by atoms with Gasteiger partial charge in [0.1, 0.15) is 10.1 Å². The van der Waals surface area contributed by atoms with Crippen molar-refractivity contribution in [3.63, 3.8) is 0 Å². The summed E-state index contributed by atoms with van der Waals surface area (Å²) in [5, 5.41) is 18.1. The molecule has 2 N–H and O–H groups in total. The number of aliphatic hydroxyl groups excluding tert-OH is 1. The van der Waals surface area contributed by atoms with Crippen LogP contribution in [0.3, 0.4) is 0 Å². The van der Waals surface area contributed by atoms with E-state index < -0.39 is 30.3 Å². The molecular weight excluding hydrogens is 317 g/mol. The third kappa shape index (κ3) is 3.29. The average molecular weight is 327 g/mol. The predicted molar refractivity (Wildman–Crippen MR) is 79.9 cm³/mol. The van der Waals surface area contributed by atoms with Gasteiger partial charge in [-0.2, -0.15) is 0 Å². The van der Waals surface area contributed by atoms with Crippen molar-refractivity contribution in [3.05, 3.63) is 40.6 Å². The molecule has 1 aliphatic rings. The number of carbonyl (C=O) groups is 2. The molecule has 0 unspecified atom stereocenters. The highest BCUT2D eigenvalue weighted by atomic mass is 32.2. The molecule has 0 spiro atoms. The summed E-state index contributed by atoms with van der Waals surface area (Å²) in [6, 6.07) is 4.20. The zero-order valence-corrected chi connectivity index (χ0v) is 12.2. The van der Waals surface area contributed by atoms with Crippen molar-refractivity contribution in [2.45, 2.75) is 6.04 Å². The van der Waals surface area contributed by atoms with Gasteiger partial charge in [0.2, 0.25) is 0 Å². The maximum atomic E-state index is 13.1. The molecule has 0 bridgehead atoms. The van der Waals surface area contributed by atoms with Crippen molar-refractivity contribution in [2.24, 2.45) is 0 Å². The number of carbonyl (C=O) groups excluding carboxylic acids is 1. The van der Waals surface area contributed by atoms with Gasteiger partial charge < -0.3 is 10.2 Å². The van der Waals surface area contributed by atoms with Crippen LogP contribution in [0.1, 0.15) is 5.56 Å². The number of thioether (sulfide) groups is 1. The minimum atomic E-state index is -1.42. The fourth-order valence-electron chi connectivity index (χ4n) is 1.77. The summed E-state index contributed by atoms with van der Waals surface area (Å²) >= 11 is 5.89. The third-order valence-corrected chi connectivity index (χ3v) is 4.07. The van der Waals surface area contributed by atoms with Crippen molar-refractivity contribution < 1.29 is 24.2 Å². The molecule has 1 atom stereocenters. The molecule has 1 fully saturated rings. The molecule has 1 amide bonds. The highest BCUT2D eigenvalue weighted by Crippen LogP contribution is 2.34. The van der Waals surface area contributed by atoms with Crippen LogP contribution in [0.4, 0.5) is 4.39 Å². The number of thiocarbonyl (C=S) groups is 1. The summed E-state index contributed by atoms with van der Waals surface area (Å²) in [7, 11) is 0. The highest BCUT2D eigenvalue weighted by Gasteiger charge is 2.40. The van der Waals surface area contributed by atoms with Crippen LogP contribution in [0.15, 0.2) is 29.2 Å². The van der Waals surface area contributed by atoms with Gasteiger partial charge in [0, 0.05) is 0 Å². The number of benzene rings is 1. The molecule has 0 aromatic heterocycles. The number of carboxylic acids is 1. The molecule has 110 valence electrons. The van der Waals surface area contributed by atoms with Gasteiger partial charge in [-0.25, -0.2) is 9.18 Å². The lowest BCUT2D eigenvalue weighted by atomic mass is 10.2. The molecule has 1 aromatic rings. The zero-order valence-electron chi connectivity index (χ0n) is 10.5. The number of aliphatic hydroxyl groups is 1. The highest BCUT2D eigenvalue weighted by molar-refractivity contribution is 8.26. The number of nitrogens with zero attached hydrogens (tertiary/aromatic N) is 1. The topological polar surface area (TPSA) is 77.8 Å². The normalized spacial score (nSPS) is 18.4. The first-order valence-electron chi connectivity index (χ1n) is 5.80. The Hall–Kier alpha value is -1.77. The van der Waals surface area contributed by atoms with Crippen LogP contribution in [0, 0.1) is 5.82 Å². The molecular formula is C13H10FNO4S2. The average Bonchev–Trinajstić information content (AvgIpc) is 2.67. The number of halogens is 1. The van der Waals surface area contributed by atoms with Crippen molar-refractivity contribution >= 4 is 46.3 Å². The number of carboxylic acid groups (broad SMARTS) is 1. The predicted octanol–water partition coefficient (Wildman–Crippen LogP) is 1.47. The number of amides is 1. The third-order valence-electron chi connectivity index (χ3n) is 2.74. The maximum absolute atomic E-state index is 13.1. The Morgan fingerprint density at radius 1 is 1.52 bits per heavy atom. The molecule has 1 aromatic carbocycles. The fraction of sp³-hybridized carbons (Fsp3) is 0.154. The van der Waals surface area contributed by atoms with Crippen molar-refractivity contribution in [3.8, 4) is 0 Å². The second kappa shape index (κ2) is 6.33. The Balaban J connectivity index is 2.31. The van der Waals surface area contributed by atoms with E-state index in [0.29, 0.717) is 5.56 Å². The van der Waals surface area contributed by atoms with Gasteiger partial charge in [0.25, 0.3) is 5.91 Å². The van der Waals surface area contributed by atoms with Crippen LogP contribution < -0.4 is 0 Å². The van der Waals surface area contributed by atoms with Gasteiger partial charge in [-0.1, -0.05) is 36.1 Å². The van der Waals surface area contributed by atoms with E-state index in [9.17, 15) is 14.0 Å². The molecule has 21 heavy (non-hydrogen) atoms. The Labute approximate surface area is 129 Å². The molecule has 1 heterocycles. The van der Waals surface area contributed by atoms with Crippen LogP contribution in [0.25, 0.3) is 6.08 Å². The Morgan fingerprint density at radius 3 is 2.81 bits per heavy atom. The van der Waals surface area contributed by atoms with Crippen molar-refractivity contribution in [1.82, 2.24) is 4.90 Å². The Morgan fingerprint density at radius 2 is 2.24 bits per heavy atom. The Kier molecular flexibility index (Phi) is 4.71. The fourth-order valence-corrected chi connectivity index (χ4v) is 3.12. The van der Waals surface area contributed by atoms with E-state index in [-0.39, 0.29) is 9.23 Å². The molecule has 1 saturated heterocycles. The maximum Gasteiger partial charge on any atom is 0.329 e. The van der Waals surface area contributed by atoms with E-state index in [0.717, 1.165) is 16.7 Å². The van der Waals surface area contributed by atoms with Crippen LogP contribution in [0.2, 0.25) is 0 Å². The lowest BCUT2D eigenvalue weighted by Crippen LogP contribution is -2.46. The molecule has 0 radical (unpaired) electrons. The number of rotatable bonds is 4. The summed E-state index contributed by atoms with van der Waals surface area (Å²) in [4.78, 5) is 24.3. The monoisotopic (exact) mass is 327 g/mol. The molecule has 1 aliphatic heterocycles. The summed E-state index contributed by atoms with van der Waals surface area (Å²) in [5.74, 6) is -2.41. The first-order chi connectivity index (χ1) is 9.93. The molecule has 2 rings (SSSR count). The zero-order chi connectivity index (χ0) is 15.6. The second-order valence-corrected chi connectivity index (χ2v) is 5.82. The summed E-state index contributed by atoms with van der Waals surface area (Å²) < 4.78 is 13.2. The van der Waals surface area contributed by atoms with E-state index in [4.69, 9.17) is 22.4 Å². The van der Waals surface area contributed by atoms with Gasteiger partial charge >= 0.3 is 5.97 Å². The first kappa shape index (κ1) is 15.6. The minimum Gasteiger partial charge on any atom is -0.480 e. The van der Waals surface area contributed by atoms with E-state index in [1.54, 1.807) is 6.07 Å². The van der Waals surface area contributed by atoms with E-state index in [1.165, 1.54) is 24.3 Å². The van der Waals surface area contributed by atoms with E-state index >= 15 is 0 Å². The van der Waals surface area contributed by atoms with E-state index in [2.05, 4.69) is 0 Å². The SMILES string of the molecule is O=C(O)[C@H](CO)N1C(=O)/C(=C/c2cccc(F)c2)SC1=S. The van der Waals surface area contributed by atoms with Crippen molar-refractivity contribution in [2.75, 3.05) is 6.61 Å². The van der Waals surface area contributed by atoms with E-state index in [1.807, 2.05) is 0 Å². The Bertz CT molecular complexity index is 647. The largest absolute Gasteiger partial charge is 0.480 e. The van der Waals surface area contributed by atoms with Gasteiger partial charge in [0.05, 0.1) is 11.5 Å². The van der Waals surface area contributed by atoms with Gasteiger partial charge in [-0.3, -0.25) is 9.69 Å². The minimum absolute atomic E-state index is 0.0455. The lowest BCUT2D eigenvalue weighted by Gasteiger charge is -2.20. The lowest BCUT2D eigenvalue weighted by molar-refractivity contribution is -0.146. The van der Waals surface area contributed by atoms with Crippen molar-refractivity contribution in [1.29, 1.82) is 0 Å². The van der Waals surface area contributed by atoms with Crippen LogP contribution in [0.5, 0.6) is 0 Å². The van der Waals surface area contributed by atoms with Crippen LogP contribution in [-0.2, 0) is 9.59 Å². The smallest absolute Gasteiger partial charge is 0.329 e. The molecule has 5 nitrogen and oxygen atoms in total. The first-order valence-corrected chi connectivity index (χ1v) is 7.03. The van der Waals surface area contributed by atoms with Gasteiger partial charge in [-0.05, 0) is 23.8 Å². The standard InChI is InChI=1S/C13H10FNO4S2/c14-8-3-1-2-7(4-8)5-10-11(17)15(13(20)21-10)9(6-16)12(18)19/h1-5,9,16H,6H2,(H,18,19)/b10-5-/t9-/m0/s1. The van der Waals surface area contributed by atoms with Crippen LogP contribution in [-0.4, -0.2) is 44.0 Å². The molecule has 0 aliphatic carbocycles.